The molecule has 0 aromatic carbocycles. The molecule has 25 heavy (non-hydrogen) atoms. The molecule has 1 aliphatic rings. The smallest absolute Gasteiger partial charge is 0.381 e. The Morgan fingerprint density at radius 3 is 2.28 bits per heavy atom. The fraction of sp³-hybridized carbons (Fsp3) is 0.889. The molecular formula is C18H37NO5P+. The van der Waals surface area contributed by atoms with E-state index in [9.17, 15) is 9.46 Å². The van der Waals surface area contributed by atoms with Gasteiger partial charge < -0.3 is 14.1 Å². The average Bonchev–Trinajstić information content (AvgIpc) is 2.53. The van der Waals surface area contributed by atoms with Crippen molar-refractivity contribution in [1.29, 1.82) is 0 Å². The van der Waals surface area contributed by atoms with Crippen LogP contribution in [-0.2, 0) is 18.3 Å². The molecule has 148 valence electrons. The van der Waals surface area contributed by atoms with Crippen molar-refractivity contribution in [3.8, 4) is 0 Å². The van der Waals surface area contributed by atoms with Crippen LogP contribution < -0.4 is 0 Å². The molecule has 7 heteroatoms. The molecule has 1 aliphatic carbocycles. The van der Waals surface area contributed by atoms with Crippen molar-refractivity contribution in [3.63, 3.8) is 0 Å². The first kappa shape index (κ1) is 22.8. The van der Waals surface area contributed by atoms with Gasteiger partial charge in [-0.1, -0.05) is 6.08 Å². The molecule has 0 aromatic rings. The van der Waals surface area contributed by atoms with Crippen LogP contribution in [0.2, 0.25) is 0 Å². The number of unbranched alkanes of at least 4 members (excludes halogenated alkanes) is 1. The third kappa shape index (κ3) is 11.9. The fourth-order valence-electron chi connectivity index (χ4n) is 2.79. The lowest BCUT2D eigenvalue weighted by molar-refractivity contribution is -0.870. The maximum atomic E-state index is 11.7. The van der Waals surface area contributed by atoms with Gasteiger partial charge in [-0.15, -0.1) is 6.58 Å². The molecule has 1 rings (SSSR count). The molecule has 1 saturated carbocycles. The Morgan fingerprint density at radius 1 is 1.08 bits per heavy atom. The van der Waals surface area contributed by atoms with Gasteiger partial charge >= 0.3 is 7.82 Å². The van der Waals surface area contributed by atoms with E-state index in [0.29, 0.717) is 35.9 Å². The SMILES string of the molecule is C=CC1CCC(COCCCCOP(=O)(O)OCC[N+](C)(C)C)CC1. The predicted octanol–water partition coefficient (Wildman–Crippen LogP) is 3.62. The first-order chi connectivity index (χ1) is 11.7. The normalized spacial score (nSPS) is 24.0. The van der Waals surface area contributed by atoms with Gasteiger partial charge in [-0.25, -0.2) is 4.57 Å². The molecule has 0 heterocycles. The summed E-state index contributed by atoms with van der Waals surface area (Å²) in [6.45, 7) is 6.42. The van der Waals surface area contributed by atoms with Crippen molar-refractivity contribution in [2.45, 2.75) is 38.5 Å². The quantitative estimate of drug-likeness (QED) is 0.230. The van der Waals surface area contributed by atoms with Gasteiger partial charge in [0.15, 0.2) is 0 Å². The molecular weight excluding hydrogens is 341 g/mol. The number of phosphoric ester groups is 1. The summed E-state index contributed by atoms with van der Waals surface area (Å²) in [5, 5.41) is 0. The summed E-state index contributed by atoms with van der Waals surface area (Å²) >= 11 is 0. The van der Waals surface area contributed by atoms with Crippen LogP contribution in [0.5, 0.6) is 0 Å². The topological polar surface area (TPSA) is 65.0 Å². The van der Waals surface area contributed by atoms with Gasteiger partial charge in [0, 0.05) is 13.2 Å². The zero-order valence-corrected chi connectivity index (χ0v) is 17.1. The lowest BCUT2D eigenvalue weighted by atomic mass is 9.82. The number of allylic oxidation sites excluding steroid dienone is 1. The van der Waals surface area contributed by atoms with Crippen LogP contribution in [0.4, 0.5) is 0 Å². The Hall–Kier alpha value is -0.230. The number of rotatable bonds is 13. The first-order valence-electron chi connectivity index (χ1n) is 9.34. The van der Waals surface area contributed by atoms with Crippen molar-refractivity contribution in [2.24, 2.45) is 11.8 Å². The molecule has 1 fully saturated rings. The van der Waals surface area contributed by atoms with Crippen LogP contribution >= 0.6 is 7.82 Å². The second-order valence-electron chi connectivity index (χ2n) is 7.95. The summed E-state index contributed by atoms with van der Waals surface area (Å²) in [5.41, 5.74) is 0. The van der Waals surface area contributed by atoms with E-state index in [2.05, 4.69) is 12.7 Å². The maximum absolute atomic E-state index is 11.7. The first-order valence-corrected chi connectivity index (χ1v) is 10.8. The zero-order valence-electron chi connectivity index (χ0n) is 16.2. The summed E-state index contributed by atoms with van der Waals surface area (Å²) in [4.78, 5) is 9.59. The van der Waals surface area contributed by atoms with Crippen molar-refractivity contribution in [1.82, 2.24) is 0 Å². The third-order valence-corrected chi connectivity index (χ3v) is 5.55. The largest absolute Gasteiger partial charge is 0.472 e. The Kier molecular flexibility index (Phi) is 10.5. The highest BCUT2D eigenvalue weighted by atomic mass is 31.2. The average molecular weight is 378 g/mol. The van der Waals surface area contributed by atoms with Crippen LogP contribution in [-0.4, -0.2) is 63.5 Å². The molecule has 0 saturated heterocycles. The highest BCUT2D eigenvalue weighted by Crippen LogP contribution is 2.43. The molecule has 0 bridgehead atoms. The fourth-order valence-corrected chi connectivity index (χ4v) is 3.54. The number of phosphoric acid groups is 1. The van der Waals surface area contributed by atoms with Crippen molar-refractivity contribution in [3.05, 3.63) is 12.7 Å². The summed E-state index contributed by atoms with van der Waals surface area (Å²) in [6, 6.07) is 0. The molecule has 0 aromatic heterocycles. The van der Waals surface area contributed by atoms with Crippen LogP contribution in [0.3, 0.4) is 0 Å². The Morgan fingerprint density at radius 2 is 1.68 bits per heavy atom. The van der Waals surface area contributed by atoms with Crippen molar-refractivity contribution < 1.29 is 27.7 Å². The standard InChI is InChI=1S/C18H36NO5P/c1-5-17-8-10-18(11-9-17)16-22-13-6-7-14-23-25(20,21)24-15-12-19(2,3)4/h5,17-18H,1,6-16H2,2-4H3/p+1. The number of quaternary nitrogens is 1. The van der Waals surface area contributed by atoms with E-state index in [1.807, 2.05) is 21.1 Å². The van der Waals surface area contributed by atoms with E-state index in [4.69, 9.17) is 13.8 Å². The molecule has 0 aliphatic heterocycles. The van der Waals surface area contributed by atoms with E-state index >= 15 is 0 Å². The van der Waals surface area contributed by atoms with E-state index in [-0.39, 0.29) is 13.2 Å². The molecule has 0 radical (unpaired) electrons. The molecule has 1 atom stereocenters. The third-order valence-electron chi connectivity index (χ3n) is 4.53. The summed E-state index contributed by atoms with van der Waals surface area (Å²) in [7, 11) is 2.07. The monoisotopic (exact) mass is 378 g/mol. The minimum absolute atomic E-state index is 0.203. The van der Waals surface area contributed by atoms with Gasteiger partial charge in [0.2, 0.25) is 0 Å². The van der Waals surface area contributed by atoms with Gasteiger partial charge in [0.05, 0.1) is 27.7 Å². The van der Waals surface area contributed by atoms with Gasteiger partial charge in [0.25, 0.3) is 0 Å². The number of nitrogens with zero attached hydrogens (tertiary/aromatic N) is 1. The van der Waals surface area contributed by atoms with Crippen LogP contribution in [0.15, 0.2) is 12.7 Å². The Bertz CT molecular complexity index is 416. The van der Waals surface area contributed by atoms with E-state index in [1.54, 1.807) is 0 Å². The molecule has 0 spiro atoms. The lowest BCUT2D eigenvalue weighted by Crippen LogP contribution is -2.37. The van der Waals surface area contributed by atoms with Gasteiger partial charge in [0.1, 0.15) is 13.2 Å². The molecule has 1 unspecified atom stereocenters. The summed E-state index contributed by atoms with van der Waals surface area (Å²) in [5.74, 6) is 1.35. The van der Waals surface area contributed by atoms with E-state index in [0.717, 1.165) is 13.0 Å². The number of likely N-dealkylation sites (N-methyl/N-ethyl adjacent to an activating group) is 1. The predicted molar refractivity (Wildman–Crippen MR) is 100 cm³/mol. The highest BCUT2D eigenvalue weighted by Gasteiger charge is 2.22. The van der Waals surface area contributed by atoms with Gasteiger partial charge in [-0.05, 0) is 50.4 Å². The second-order valence-corrected chi connectivity index (χ2v) is 9.40. The highest BCUT2D eigenvalue weighted by molar-refractivity contribution is 7.47. The number of hydrogen-bond donors (Lipinski definition) is 1. The Balaban J connectivity index is 1.97. The number of hydrogen-bond acceptors (Lipinski definition) is 4. The summed E-state index contributed by atoms with van der Waals surface area (Å²) < 4.78 is 28.1. The molecule has 1 N–H and O–H groups in total. The van der Waals surface area contributed by atoms with Gasteiger partial charge in [-0.2, -0.15) is 0 Å². The van der Waals surface area contributed by atoms with E-state index in [1.165, 1.54) is 25.7 Å². The Labute approximate surface area is 153 Å². The second kappa shape index (κ2) is 11.5. The molecule has 6 nitrogen and oxygen atoms in total. The van der Waals surface area contributed by atoms with Crippen molar-refractivity contribution >= 4 is 7.82 Å². The minimum Gasteiger partial charge on any atom is -0.381 e. The maximum Gasteiger partial charge on any atom is 0.472 e. The molecule has 0 amide bonds. The lowest BCUT2D eigenvalue weighted by Gasteiger charge is -2.26. The van der Waals surface area contributed by atoms with Crippen LogP contribution in [0, 0.1) is 11.8 Å². The van der Waals surface area contributed by atoms with E-state index < -0.39 is 7.82 Å². The minimum atomic E-state index is -3.92. The zero-order chi connectivity index (χ0) is 18.8. The van der Waals surface area contributed by atoms with Crippen molar-refractivity contribution in [2.75, 3.05) is 54.1 Å². The van der Waals surface area contributed by atoms with Crippen LogP contribution in [0.25, 0.3) is 0 Å². The number of ether oxygens (including phenoxy) is 1. The van der Waals surface area contributed by atoms with Gasteiger partial charge in [-0.3, -0.25) is 9.05 Å². The van der Waals surface area contributed by atoms with Crippen LogP contribution in [0.1, 0.15) is 38.5 Å². The summed E-state index contributed by atoms with van der Waals surface area (Å²) in [6.07, 6.45) is 8.48.